The summed E-state index contributed by atoms with van der Waals surface area (Å²) in [7, 11) is 0. The van der Waals surface area contributed by atoms with Crippen molar-refractivity contribution in [2.45, 2.75) is 5.92 Å². The lowest BCUT2D eigenvalue weighted by molar-refractivity contribution is -0.383. The lowest BCUT2D eigenvalue weighted by atomic mass is 9.90. The van der Waals surface area contributed by atoms with Crippen LogP contribution in [0.1, 0.15) is 27.4 Å². The molecule has 0 spiro atoms. The second kappa shape index (κ2) is 10.2. The molecule has 168 valence electrons. The molecule has 4 aromatic carbocycles. The van der Waals surface area contributed by atoms with Crippen molar-refractivity contribution in [3.8, 4) is 0 Å². The van der Waals surface area contributed by atoms with Gasteiger partial charge in [0.05, 0.1) is 10.8 Å². The molecule has 0 fully saturated rings. The predicted octanol–water partition coefficient (Wildman–Crippen LogP) is 5.62. The normalized spacial score (nSPS) is 10.5. The van der Waals surface area contributed by atoms with E-state index in [0.29, 0.717) is 11.3 Å². The summed E-state index contributed by atoms with van der Waals surface area (Å²) in [5, 5.41) is 16.6. The summed E-state index contributed by atoms with van der Waals surface area (Å²) < 4.78 is 0. The van der Waals surface area contributed by atoms with Gasteiger partial charge in [-0.3, -0.25) is 19.7 Å². The van der Waals surface area contributed by atoms with Crippen LogP contribution in [-0.2, 0) is 4.79 Å². The third-order valence-electron chi connectivity index (χ3n) is 5.29. The van der Waals surface area contributed by atoms with Crippen molar-refractivity contribution in [3.63, 3.8) is 0 Å². The summed E-state index contributed by atoms with van der Waals surface area (Å²) >= 11 is 0. The first-order chi connectivity index (χ1) is 16.5. The molecule has 0 aromatic heterocycles. The molecule has 0 bridgehead atoms. The van der Waals surface area contributed by atoms with Gasteiger partial charge in [0.15, 0.2) is 0 Å². The van der Waals surface area contributed by atoms with Crippen LogP contribution in [0, 0.1) is 10.1 Å². The quantitative estimate of drug-likeness (QED) is 0.281. The van der Waals surface area contributed by atoms with E-state index < -0.39 is 16.7 Å². The van der Waals surface area contributed by atoms with E-state index in [9.17, 15) is 19.7 Å². The third kappa shape index (κ3) is 5.16. The molecule has 0 aliphatic heterocycles. The third-order valence-corrected chi connectivity index (χ3v) is 5.29. The zero-order valence-corrected chi connectivity index (χ0v) is 18.0. The van der Waals surface area contributed by atoms with E-state index in [-0.39, 0.29) is 17.3 Å². The number of benzene rings is 4. The molecule has 2 amide bonds. The maximum absolute atomic E-state index is 13.2. The van der Waals surface area contributed by atoms with Crippen molar-refractivity contribution >= 4 is 28.9 Å². The lowest BCUT2D eigenvalue weighted by Crippen LogP contribution is -2.22. The number of anilines is 2. The Morgan fingerprint density at radius 1 is 0.676 bits per heavy atom. The molecule has 0 aliphatic carbocycles. The number of carbonyl (C=O) groups excluding carboxylic acids is 2. The predicted molar refractivity (Wildman–Crippen MR) is 131 cm³/mol. The Balaban J connectivity index is 1.50. The van der Waals surface area contributed by atoms with Crippen LogP contribution in [0.3, 0.4) is 0 Å². The van der Waals surface area contributed by atoms with E-state index in [1.54, 1.807) is 30.3 Å². The number of nitrogens with one attached hydrogen (secondary N) is 2. The van der Waals surface area contributed by atoms with Gasteiger partial charge in [-0.1, -0.05) is 72.8 Å². The zero-order chi connectivity index (χ0) is 23.9. The molecular formula is C27H21N3O4. The van der Waals surface area contributed by atoms with Crippen LogP contribution in [0.5, 0.6) is 0 Å². The smallest absolute Gasteiger partial charge is 0.292 e. The molecule has 0 saturated heterocycles. The Labute approximate surface area is 196 Å². The highest BCUT2D eigenvalue weighted by atomic mass is 16.6. The molecule has 4 rings (SSSR count). The van der Waals surface area contributed by atoms with Crippen LogP contribution in [-0.4, -0.2) is 16.7 Å². The summed E-state index contributed by atoms with van der Waals surface area (Å²) in [6, 6.07) is 31.3. The number of amides is 2. The van der Waals surface area contributed by atoms with Crippen molar-refractivity contribution in [2.24, 2.45) is 0 Å². The van der Waals surface area contributed by atoms with Crippen molar-refractivity contribution in [2.75, 3.05) is 10.6 Å². The van der Waals surface area contributed by atoms with Crippen molar-refractivity contribution in [1.29, 1.82) is 0 Å². The van der Waals surface area contributed by atoms with Crippen molar-refractivity contribution < 1.29 is 14.5 Å². The van der Waals surface area contributed by atoms with Gasteiger partial charge >= 0.3 is 0 Å². The molecule has 0 aliphatic rings. The summed E-state index contributed by atoms with van der Waals surface area (Å²) in [6.07, 6.45) is 0. The molecule has 0 heterocycles. The first-order valence-electron chi connectivity index (χ1n) is 10.6. The van der Waals surface area contributed by atoms with Crippen LogP contribution >= 0.6 is 0 Å². The van der Waals surface area contributed by atoms with E-state index in [1.165, 1.54) is 18.2 Å². The van der Waals surface area contributed by atoms with E-state index in [2.05, 4.69) is 10.6 Å². The van der Waals surface area contributed by atoms with Gasteiger partial charge in [-0.05, 0) is 41.5 Å². The Bertz CT molecular complexity index is 1270. The molecule has 0 unspecified atom stereocenters. The van der Waals surface area contributed by atoms with Gasteiger partial charge in [-0.25, -0.2) is 0 Å². The van der Waals surface area contributed by atoms with Crippen LogP contribution < -0.4 is 10.6 Å². The minimum absolute atomic E-state index is 0.114. The number of rotatable bonds is 7. The van der Waals surface area contributed by atoms with Crippen LogP contribution in [0.15, 0.2) is 109 Å². The zero-order valence-electron chi connectivity index (χ0n) is 18.0. The van der Waals surface area contributed by atoms with Crippen molar-refractivity contribution in [1.82, 2.24) is 0 Å². The van der Waals surface area contributed by atoms with Gasteiger partial charge in [0.25, 0.3) is 11.6 Å². The number of hydrogen-bond acceptors (Lipinski definition) is 4. The summed E-state index contributed by atoms with van der Waals surface area (Å²) in [5.74, 6) is -1.18. The fourth-order valence-corrected chi connectivity index (χ4v) is 3.64. The van der Waals surface area contributed by atoms with E-state index in [0.717, 1.165) is 11.1 Å². The number of nitrogens with zero attached hydrogens (tertiary/aromatic N) is 1. The average Bonchev–Trinajstić information content (AvgIpc) is 2.86. The molecule has 34 heavy (non-hydrogen) atoms. The van der Waals surface area contributed by atoms with E-state index in [1.807, 2.05) is 60.7 Å². The maximum Gasteiger partial charge on any atom is 0.292 e. The highest BCUT2D eigenvalue weighted by Crippen LogP contribution is 2.27. The monoisotopic (exact) mass is 451 g/mol. The molecule has 4 aromatic rings. The summed E-state index contributed by atoms with van der Waals surface area (Å²) in [5.41, 5.74) is 2.50. The lowest BCUT2D eigenvalue weighted by Gasteiger charge is -2.18. The number of nitro groups is 1. The number of para-hydroxylation sites is 2. The molecular weight excluding hydrogens is 430 g/mol. The molecule has 7 nitrogen and oxygen atoms in total. The molecule has 0 saturated carbocycles. The number of nitro benzene ring substituents is 1. The number of carbonyl (C=O) groups is 2. The minimum Gasteiger partial charge on any atom is -0.325 e. The second-order valence-electron chi connectivity index (χ2n) is 7.55. The largest absolute Gasteiger partial charge is 0.325 e. The average molecular weight is 451 g/mol. The maximum atomic E-state index is 13.2. The fourth-order valence-electron chi connectivity index (χ4n) is 3.64. The van der Waals surface area contributed by atoms with Crippen LogP contribution in [0.4, 0.5) is 17.1 Å². The number of hydrogen-bond donors (Lipinski definition) is 2. The van der Waals surface area contributed by atoms with Gasteiger partial charge in [-0.2, -0.15) is 0 Å². The molecule has 2 N–H and O–H groups in total. The second-order valence-corrected chi connectivity index (χ2v) is 7.55. The highest BCUT2D eigenvalue weighted by Gasteiger charge is 2.23. The Morgan fingerprint density at radius 2 is 1.21 bits per heavy atom. The topological polar surface area (TPSA) is 101 Å². The first kappa shape index (κ1) is 22.4. The summed E-state index contributed by atoms with van der Waals surface area (Å²) in [4.78, 5) is 36.4. The standard InChI is InChI=1S/C27H21N3O4/c31-26(29-23-13-7-8-14-24(23)30(33)34)21-15-17-22(18-16-21)28-27(32)25(19-9-3-1-4-10-19)20-11-5-2-6-12-20/h1-18,25H,(H,28,32)(H,29,31). The minimum atomic E-state index is -0.551. The first-order valence-corrected chi connectivity index (χ1v) is 10.6. The van der Waals surface area contributed by atoms with Gasteiger partial charge < -0.3 is 10.6 Å². The van der Waals surface area contributed by atoms with Gasteiger partial charge in [0, 0.05) is 17.3 Å². The van der Waals surface area contributed by atoms with E-state index >= 15 is 0 Å². The Hall–Kier alpha value is -4.78. The van der Waals surface area contributed by atoms with E-state index in [4.69, 9.17) is 0 Å². The van der Waals surface area contributed by atoms with Crippen molar-refractivity contribution in [3.05, 3.63) is 136 Å². The summed E-state index contributed by atoms with van der Waals surface area (Å²) in [6.45, 7) is 0. The van der Waals surface area contributed by atoms with Crippen LogP contribution in [0.2, 0.25) is 0 Å². The Morgan fingerprint density at radius 3 is 1.76 bits per heavy atom. The highest BCUT2D eigenvalue weighted by molar-refractivity contribution is 6.06. The van der Waals surface area contributed by atoms with Gasteiger partial charge in [0.2, 0.25) is 5.91 Å². The van der Waals surface area contributed by atoms with Gasteiger partial charge in [-0.15, -0.1) is 0 Å². The molecule has 0 radical (unpaired) electrons. The van der Waals surface area contributed by atoms with Crippen LogP contribution in [0.25, 0.3) is 0 Å². The molecule has 0 atom stereocenters. The molecule has 7 heteroatoms. The fraction of sp³-hybridized carbons (Fsp3) is 0.0370. The van der Waals surface area contributed by atoms with Gasteiger partial charge in [0.1, 0.15) is 5.69 Å². The Kier molecular flexibility index (Phi) is 6.74. The SMILES string of the molecule is O=C(Nc1ccccc1[N+](=O)[O-])c1ccc(NC(=O)C(c2ccccc2)c2ccccc2)cc1.